The van der Waals surface area contributed by atoms with E-state index in [4.69, 9.17) is 4.74 Å². The first kappa shape index (κ1) is 80.3. The Balaban J connectivity index is 3.39. The van der Waals surface area contributed by atoms with Crippen LogP contribution in [0.1, 0.15) is 425 Å². The van der Waals surface area contributed by atoms with Gasteiger partial charge in [0.1, 0.15) is 0 Å². The van der Waals surface area contributed by atoms with E-state index >= 15 is 0 Å². The Bertz CT molecular complexity index is 1280. The van der Waals surface area contributed by atoms with Gasteiger partial charge in [-0.3, -0.25) is 9.59 Å². The van der Waals surface area contributed by atoms with Crippen LogP contribution in [0, 0.1) is 0 Å². The summed E-state index contributed by atoms with van der Waals surface area (Å²) in [6.45, 7) is 5.00. The summed E-state index contributed by atoms with van der Waals surface area (Å²) in [5.74, 6) is -0.0174. The van der Waals surface area contributed by atoms with Crippen molar-refractivity contribution in [3.05, 3.63) is 24.3 Å². The van der Waals surface area contributed by atoms with Gasteiger partial charge >= 0.3 is 5.97 Å². The van der Waals surface area contributed by atoms with E-state index in [1.165, 1.54) is 347 Å². The summed E-state index contributed by atoms with van der Waals surface area (Å²) in [6, 6.07) is -0.545. The van der Waals surface area contributed by atoms with Crippen LogP contribution in [0.3, 0.4) is 0 Å². The fourth-order valence-electron chi connectivity index (χ4n) is 12.0. The second-order valence-electron chi connectivity index (χ2n) is 26.0. The van der Waals surface area contributed by atoms with Crippen LogP contribution in [-0.4, -0.2) is 47.4 Å². The molecule has 2 atom stereocenters. The number of esters is 1. The van der Waals surface area contributed by atoms with Gasteiger partial charge in [0.15, 0.2) is 0 Å². The Hall–Kier alpha value is -1.66. The lowest BCUT2D eigenvalue weighted by Gasteiger charge is -2.22. The number of aliphatic hydroxyl groups is 2. The molecule has 1 amide bonds. The number of nitrogens with one attached hydrogen (secondary N) is 1. The number of carbonyl (C=O) groups excluding carboxylic acids is 2. The molecule has 0 aromatic carbocycles. The highest BCUT2D eigenvalue weighted by atomic mass is 16.5. The Kier molecular flexibility index (Phi) is 70.4. The molecule has 0 fully saturated rings. The van der Waals surface area contributed by atoms with E-state index in [-0.39, 0.29) is 18.5 Å². The van der Waals surface area contributed by atoms with Crippen molar-refractivity contribution in [2.45, 2.75) is 437 Å². The van der Waals surface area contributed by atoms with E-state index in [2.05, 4.69) is 43.5 Å². The molecule has 0 saturated heterocycles. The first-order valence-electron chi connectivity index (χ1n) is 37.6. The van der Waals surface area contributed by atoms with Crippen molar-refractivity contribution in [1.29, 1.82) is 0 Å². The first-order chi connectivity index (χ1) is 40.5. The van der Waals surface area contributed by atoms with Crippen LogP contribution in [0.5, 0.6) is 0 Å². The molecular formula is C76H147NO5. The van der Waals surface area contributed by atoms with Crippen molar-refractivity contribution in [1.82, 2.24) is 5.32 Å². The highest BCUT2D eigenvalue weighted by molar-refractivity contribution is 5.76. The Morgan fingerprint density at radius 3 is 0.927 bits per heavy atom. The molecular weight excluding hydrogens is 1010 g/mol. The van der Waals surface area contributed by atoms with Gasteiger partial charge in [0.25, 0.3) is 0 Å². The average molecular weight is 1160 g/mol. The van der Waals surface area contributed by atoms with Crippen LogP contribution in [0.25, 0.3) is 0 Å². The molecule has 2 unspecified atom stereocenters. The van der Waals surface area contributed by atoms with Crippen LogP contribution < -0.4 is 5.32 Å². The molecule has 486 valence electrons. The zero-order valence-corrected chi connectivity index (χ0v) is 55.8. The summed E-state index contributed by atoms with van der Waals surface area (Å²) >= 11 is 0. The van der Waals surface area contributed by atoms with Crippen molar-refractivity contribution in [2.24, 2.45) is 0 Å². The number of allylic oxidation sites excluding steroid dienone is 4. The van der Waals surface area contributed by atoms with Crippen LogP contribution in [0.15, 0.2) is 24.3 Å². The number of carbonyl (C=O) groups is 2. The topological polar surface area (TPSA) is 95.9 Å². The third kappa shape index (κ3) is 67.5. The Labute approximate surface area is 513 Å². The molecule has 0 aliphatic heterocycles. The third-order valence-corrected chi connectivity index (χ3v) is 17.8. The molecule has 0 aromatic heterocycles. The van der Waals surface area contributed by atoms with E-state index in [9.17, 15) is 19.8 Å². The zero-order valence-electron chi connectivity index (χ0n) is 55.8. The maximum atomic E-state index is 12.5. The predicted octanol–water partition coefficient (Wildman–Crippen LogP) is 24.5. The number of amides is 1. The number of aliphatic hydroxyl groups excluding tert-OH is 2. The Morgan fingerprint density at radius 2 is 0.610 bits per heavy atom. The highest BCUT2D eigenvalue weighted by Gasteiger charge is 2.20. The molecule has 0 heterocycles. The minimum Gasteiger partial charge on any atom is -0.466 e. The van der Waals surface area contributed by atoms with Gasteiger partial charge in [-0.15, -0.1) is 0 Å². The minimum atomic E-state index is -0.667. The van der Waals surface area contributed by atoms with Gasteiger partial charge in [-0.1, -0.05) is 378 Å². The summed E-state index contributed by atoms with van der Waals surface area (Å²) in [6.07, 6.45) is 91.0. The highest BCUT2D eigenvalue weighted by Crippen LogP contribution is 2.19. The predicted molar refractivity (Wildman–Crippen MR) is 361 cm³/mol. The fourth-order valence-corrected chi connectivity index (χ4v) is 12.0. The van der Waals surface area contributed by atoms with E-state index < -0.39 is 12.1 Å². The summed E-state index contributed by atoms with van der Waals surface area (Å²) in [5.41, 5.74) is 0. The largest absolute Gasteiger partial charge is 0.466 e. The van der Waals surface area contributed by atoms with E-state index in [0.29, 0.717) is 25.9 Å². The van der Waals surface area contributed by atoms with Crippen molar-refractivity contribution < 1.29 is 24.5 Å². The zero-order chi connectivity index (χ0) is 59.2. The first-order valence-corrected chi connectivity index (χ1v) is 37.6. The number of hydrogen-bond donors (Lipinski definition) is 3. The van der Waals surface area contributed by atoms with Crippen molar-refractivity contribution in [3.8, 4) is 0 Å². The van der Waals surface area contributed by atoms with Gasteiger partial charge < -0.3 is 20.3 Å². The van der Waals surface area contributed by atoms with E-state index in [1.807, 2.05) is 0 Å². The maximum Gasteiger partial charge on any atom is 0.305 e. The fraction of sp³-hybridized carbons (Fsp3) is 0.921. The summed E-state index contributed by atoms with van der Waals surface area (Å²) in [7, 11) is 0. The summed E-state index contributed by atoms with van der Waals surface area (Å²) < 4.78 is 5.51. The molecule has 0 aromatic rings. The quantitative estimate of drug-likeness (QED) is 0.0320. The smallest absolute Gasteiger partial charge is 0.305 e. The molecule has 6 heteroatoms. The number of unbranched alkanes of at least 4 members (excludes halogenated alkanes) is 56. The monoisotopic (exact) mass is 1150 g/mol. The second kappa shape index (κ2) is 71.8. The van der Waals surface area contributed by atoms with Gasteiger partial charge in [0.05, 0.1) is 25.4 Å². The van der Waals surface area contributed by atoms with Crippen molar-refractivity contribution in [3.63, 3.8) is 0 Å². The summed E-state index contributed by atoms with van der Waals surface area (Å²) in [5, 5.41) is 23.4. The van der Waals surface area contributed by atoms with Crippen LogP contribution in [0.4, 0.5) is 0 Å². The number of rotatable bonds is 71. The van der Waals surface area contributed by atoms with Gasteiger partial charge in [-0.25, -0.2) is 0 Å². The Morgan fingerprint density at radius 1 is 0.341 bits per heavy atom. The van der Waals surface area contributed by atoms with Gasteiger partial charge in [0.2, 0.25) is 5.91 Å². The van der Waals surface area contributed by atoms with Gasteiger partial charge in [-0.2, -0.15) is 0 Å². The van der Waals surface area contributed by atoms with E-state index in [0.717, 1.165) is 44.9 Å². The van der Waals surface area contributed by atoms with Crippen molar-refractivity contribution >= 4 is 11.9 Å². The molecule has 0 aliphatic rings. The molecule has 0 spiro atoms. The average Bonchev–Trinajstić information content (AvgIpc) is 3.48. The standard InChI is InChI=1S/C76H147NO5/c1-3-5-7-9-11-13-15-17-19-21-32-36-40-44-48-52-56-60-64-68-74(79)73(72-78)77-75(80)69-65-61-57-53-49-45-41-37-34-30-28-26-24-23-25-27-29-31-35-39-43-47-51-55-59-63-67-71-82-76(81)70-66-62-58-54-50-46-42-38-33-22-20-18-16-14-12-10-8-6-4-2/h23-24,27,29,73-74,78-79H,3-22,25-26,28,30-72H2,1-2H3,(H,77,80)/b24-23-,29-27-. The number of ether oxygens (including phenoxy) is 1. The molecule has 0 aliphatic carbocycles. The second-order valence-corrected chi connectivity index (χ2v) is 26.0. The number of hydrogen-bond acceptors (Lipinski definition) is 5. The molecule has 3 N–H and O–H groups in total. The van der Waals surface area contributed by atoms with Crippen molar-refractivity contribution in [2.75, 3.05) is 13.2 Å². The lowest BCUT2D eigenvalue weighted by molar-refractivity contribution is -0.143. The molecule has 0 radical (unpaired) electrons. The normalized spacial score (nSPS) is 12.6. The van der Waals surface area contributed by atoms with Gasteiger partial charge in [-0.05, 0) is 57.8 Å². The maximum absolute atomic E-state index is 12.5. The van der Waals surface area contributed by atoms with E-state index in [1.54, 1.807) is 0 Å². The summed E-state index contributed by atoms with van der Waals surface area (Å²) in [4.78, 5) is 24.7. The molecule has 0 bridgehead atoms. The molecule has 0 saturated carbocycles. The SMILES string of the molecule is CCCCCCCCCCCCCCCCCCCCCC(=O)OCCCCCCCCCCC/C=C\C/C=C\CCCCCCCCCCCCCC(=O)NC(CO)C(O)CCCCCCCCCCCCCCCCCCCCC. The third-order valence-electron chi connectivity index (χ3n) is 17.8. The van der Waals surface area contributed by atoms with Crippen LogP contribution in [0.2, 0.25) is 0 Å². The minimum absolute atomic E-state index is 0.0165. The van der Waals surface area contributed by atoms with Crippen LogP contribution >= 0.6 is 0 Å². The molecule has 0 rings (SSSR count). The lowest BCUT2D eigenvalue weighted by atomic mass is 10.0. The lowest BCUT2D eigenvalue weighted by Crippen LogP contribution is -2.45. The molecule has 6 nitrogen and oxygen atoms in total. The van der Waals surface area contributed by atoms with Crippen LogP contribution in [-0.2, 0) is 14.3 Å². The van der Waals surface area contributed by atoms with Gasteiger partial charge in [0, 0.05) is 12.8 Å². The molecule has 82 heavy (non-hydrogen) atoms.